The van der Waals surface area contributed by atoms with Gasteiger partial charge >= 0.3 is 6.61 Å². The SMILES string of the molecule is CN=C(NCc1coc(-c2ccccc2)n1)NCc1cc(OC)ccc1OC(F)F.I. The van der Waals surface area contributed by atoms with E-state index in [-0.39, 0.29) is 36.3 Å². The number of aliphatic imine (C=N–C) groups is 1. The van der Waals surface area contributed by atoms with Crippen LogP contribution in [-0.4, -0.2) is 31.7 Å². The van der Waals surface area contributed by atoms with Gasteiger partial charge in [-0.2, -0.15) is 8.78 Å². The van der Waals surface area contributed by atoms with Crippen LogP contribution in [0.3, 0.4) is 0 Å². The zero-order valence-electron chi connectivity index (χ0n) is 17.0. The van der Waals surface area contributed by atoms with Gasteiger partial charge in [0, 0.05) is 24.7 Å². The number of halogens is 3. The molecule has 1 heterocycles. The highest BCUT2D eigenvalue weighted by Crippen LogP contribution is 2.25. The Morgan fingerprint density at radius 3 is 2.55 bits per heavy atom. The van der Waals surface area contributed by atoms with E-state index in [9.17, 15) is 8.78 Å². The zero-order chi connectivity index (χ0) is 21.3. The molecular weight excluding hydrogens is 521 g/mol. The van der Waals surface area contributed by atoms with E-state index in [0.29, 0.717) is 35.4 Å². The first-order valence-corrected chi connectivity index (χ1v) is 9.15. The first-order valence-electron chi connectivity index (χ1n) is 9.15. The topological polar surface area (TPSA) is 80.9 Å². The van der Waals surface area contributed by atoms with Crippen LogP contribution in [0, 0.1) is 0 Å². The molecule has 0 radical (unpaired) electrons. The van der Waals surface area contributed by atoms with Gasteiger partial charge in [0.1, 0.15) is 17.8 Å². The van der Waals surface area contributed by atoms with Gasteiger partial charge in [-0.3, -0.25) is 4.99 Å². The van der Waals surface area contributed by atoms with Crippen molar-refractivity contribution in [2.24, 2.45) is 4.99 Å². The number of methoxy groups -OCH3 is 1. The fourth-order valence-corrected chi connectivity index (χ4v) is 2.71. The fourth-order valence-electron chi connectivity index (χ4n) is 2.71. The van der Waals surface area contributed by atoms with E-state index in [1.807, 2.05) is 30.3 Å². The molecule has 3 aromatic rings. The quantitative estimate of drug-likeness (QED) is 0.248. The Morgan fingerprint density at radius 2 is 1.87 bits per heavy atom. The maximum absolute atomic E-state index is 12.7. The molecule has 0 atom stereocenters. The highest BCUT2D eigenvalue weighted by molar-refractivity contribution is 14.0. The number of aromatic nitrogens is 1. The smallest absolute Gasteiger partial charge is 0.387 e. The second kappa shape index (κ2) is 12.1. The Hall–Kier alpha value is -2.89. The van der Waals surface area contributed by atoms with Gasteiger partial charge in [0.15, 0.2) is 5.96 Å². The average Bonchev–Trinajstić information content (AvgIpc) is 3.24. The third-order valence-corrected chi connectivity index (χ3v) is 4.16. The number of hydrogen-bond acceptors (Lipinski definition) is 5. The summed E-state index contributed by atoms with van der Waals surface area (Å²) in [5, 5.41) is 6.17. The van der Waals surface area contributed by atoms with Crippen molar-refractivity contribution in [3.8, 4) is 23.0 Å². The van der Waals surface area contributed by atoms with Crippen molar-refractivity contribution >= 4 is 29.9 Å². The molecule has 2 N–H and O–H groups in total. The summed E-state index contributed by atoms with van der Waals surface area (Å²) >= 11 is 0. The first kappa shape index (κ1) is 24.4. The van der Waals surface area contributed by atoms with Gasteiger partial charge < -0.3 is 24.5 Å². The second-order valence-corrected chi connectivity index (χ2v) is 6.14. The third kappa shape index (κ3) is 7.09. The summed E-state index contributed by atoms with van der Waals surface area (Å²) in [7, 11) is 3.11. The monoisotopic (exact) mass is 544 g/mol. The summed E-state index contributed by atoms with van der Waals surface area (Å²) in [4.78, 5) is 8.57. The maximum atomic E-state index is 12.7. The predicted octanol–water partition coefficient (Wildman–Crippen LogP) is 4.43. The number of benzene rings is 2. The molecule has 3 rings (SSSR count). The summed E-state index contributed by atoms with van der Waals surface area (Å²) in [5.74, 6) is 1.59. The molecule has 0 fully saturated rings. The Morgan fingerprint density at radius 1 is 1.13 bits per heavy atom. The molecule has 0 amide bonds. The van der Waals surface area contributed by atoms with Crippen LogP contribution in [0.4, 0.5) is 8.78 Å². The highest BCUT2D eigenvalue weighted by Gasteiger charge is 2.12. The maximum Gasteiger partial charge on any atom is 0.387 e. The molecule has 0 aliphatic rings. The molecule has 7 nitrogen and oxygen atoms in total. The van der Waals surface area contributed by atoms with Crippen LogP contribution < -0.4 is 20.1 Å². The predicted molar refractivity (Wildman–Crippen MR) is 124 cm³/mol. The lowest BCUT2D eigenvalue weighted by atomic mass is 10.2. The molecule has 31 heavy (non-hydrogen) atoms. The summed E-state index contributed by atoms with van der Waals surface area (Å²) in [5.41, 5.74) is 2.08. The number of ether oxygens (including phenoxy) is 2. The standard InChI is InChI=1S/C21H22F2N4O3.HI/c1-24-21(25-11-15-10-17(28-2)8-9-18(15)30-20(22)23)26-12-16-13-29-19(27-16)14-6-4-3-5-7-14;/h3-10,13,20H,11-12H2,1-2H3,(H2,24,25,26);1H. The van der Waals surface area contributed by atoms with Crippen molar-refractivity contribution in [1.82, 2.24) is 15.6 Å². The summed E-state index contributed by atoms with van der Waals surface area (Å²) < 4.78 is 40.6. The molecule has 0 unspecified atom stereocenters. The summed E-state index contributed by atoms with van der Waals surface area (Å²) in [6.45, 7) is -2.35. The van der Waals surface area contributed by atoms with Crippen molar-refractivity contribution in [2.75, 3.05) is 14.2 Å². The molecule has 166 valence electrons. The van der Waals surface area contributed by atoms with Crippen LogP contribution >= 0.6 is 24.0 Å². The van der Waals surface area contributed by atoms with Gasteiger partial charge in [0.2, 0.25) is 5.89 Å². The number of guanidine groups is 1. The van der Waals surface area contributed by atoms with E-state index in [0.717, 1.165) is 5.56 Å². The molecular formula is C21H23F2IN4O3. The van der Waals surface area contributed by atoms with Crippen molar-refractivity contribution in [3.63, 3.8) is 0 Å². The second-order valence-electron chi connectivity index (χ2n) is 6.14. The van der Waals surface area contributed by atoms with Crippen LogP contribution in [0.1, 0.15) is 11.3 Å². The molecule has 0 aliphatic heterocycles. The molecule has 0 bridgehead atoms. The van der Waals surface area contributed by atoms with Crippen molar-refractivity contribution < 1.29 is 22.7 Å². The Kier molecular flexibility index (Phi) is 9.50. The van der Waals surface area contributed by atoms with Crippen molar-refractivity contribution in [2.45, 2.75) is 19.7 Å². The van der Waals surface area contributed by atoms with E-state index >= 15 is 0 Å². The molecule has 0 saturated heterocycles. The largest absolute Gasteiger partial charge is 0.497 e. The van der Waals surface area contributed by atoms with E-state index in [2.05, 4.69) is 25.3 Å². The number of rotatable bonds is 8. The number of nitrogens with one attached hydrogen (secondary N) is 2. The van der Waals surface area contributed by atoms with Crippen LogP contribution in [0.2, 0.25) is 0 Å². The van der Waals surface area contributed by atoms with E-state index in [1.54, 1.807) is 25.4 Å². The molecule has 0 spiro atoms. The zero-order valence-corrected chi connectivity index (χ0v) is 19.3. The van der Waals surface area contributed by atoms with Crippen LogP contribution in [0.5, 0.6) is 11.5 Å². The number of oxazole rings is 1. The molecule has 2 aromatic carbocycles. The normalized spacial score (nSPS) is 11.1. The Balaban J connectivity index is 0.00000341. The summed E-state index contributed by atoms with van der Waals surface area (Å²) in [6, 6.07) is 14.2. The lowest BCUT2D eigenvalue weighted by molar-refractivity contribution is -0.0505. The van der Waals surface area contributed by atoms with Crippen LogP contribution in [0.25, 0.3) is 11.5 Å². The van der Waals surface area contributed by atoms with E-state index in [1.165, 1.54) is 13.2 Å². The molecule has 0 aliphatic carbocycles. The average molecular weight is 544 g/mol. The Bertz CT molecular complexity index is 984. The fraction of sp³-hybridized carbons (Fsp3) is 0.238. The minimum Gasteiger partial charge on any atom is -0.497 e. The van der Waals surface area contributed by atoms with Gasteiger partial charge in [0.05, 0.1) is 19.3 Å². The Labute approximate surface area is 195 Å². The number of alkyl halides is 2. The van der Waals surface area contributed by atoms with Gasteiger partial charge in [-0.25, -0.2) is 4.98 Å². The minimum atomic E-state index is -2.92. The molecule has 10 heteroatoms. The van der Waals surface area contributed by atoms with Crippen molar-refractivity contribution in [1.29, 1.82) is 0 Å². The van der Waals surface area contributed by atoms with E-state index < -0.39 is 6.61 Å². The summed E-state index contributed by atoms with van der Waals surface area (Å²) in [6.07, 6.45) is 1.57. The lowest BCUT2D eigenvalue weighted by Crippen LogP contribution is -2.36. The molecule has 1 aromatic heterocycles. The van der Waals surface area contributed by atoms with Crippen LogP contribution in [-0.2, 0) is 13.1 Å². The molecule has 0 saturated carbocycles. The van der Waals surface area contributed by atoms with Gasteiger partial charge in [-0.05, 0) is 30.3 Å². The lowest BCUT2D eigenvalue weighted by Gasteiger charge is -2.15. The number of nitrogens with zero attached hydrogens (tertiary/aromatic N) is 2. The number of hydrogen-bond donors (Lipinski definition) is 2. The van der Waals surface area contributed by atoms with Gasteiger partial charge in [-0.15, -0.1) is 24.0 Å². The van der Waals surface area contributed by atoms with Crippen molar-refractivity contribution in [3.05, 3.63) is 66.1 Å². The van der Waals surface area contributed by atoms with Gasteiger partial charge in [-0.1, -0.05) is 18.2 Å². The third-order valence-electron chi connectivity index (χ3n) is 4.16. The first-order chi connectivity index (χ1) is 14.6. The van der Waals surface area contributed by atoms with Crippen LogP contribution in [0.15, 0.2) is 64.2 Å². The highest BCUT2D eigenvalue weighted by atomic mass is 127. The van der Waals surface area contributed by atoms with E-state index in [4.69, 9.17) is 9.15 Å². The minimum absolute atomic E-state index is 0. The van der Waals surface area contributed by atoms with Gasteiger partial charge in [0.25, 0.3) is 0 Å².